The van der Waals surface area contributed by atoms with Crippen molar-refractivity contribution in [2.75, 3.05) is 12.3 Å². The summed E-state index contributed by atoms with van der Waals surface area (Å²) in [5.41, 5.74) is 1.21. The van der Waals surface area contributed by atoms with Gasteiger partial charge >= 0.3 is 0 Å². The normalized spacial score (nSPS) is 11.9. The van der Waals surface area contributed by atoms with E-state index in [-0.39, 0.29) is 11.2 Å². The summed E-state index contributed by atoms with van der Waals surface area (Å²) in [5, 5.41) is 3.67. The largest absolute Gasteiger partial charge is 0.354 e. The number of thioether (sulfide) groups is 2. The molecule has 2 rings (SSSR count). The molecule has 0 aromatic heterocycles. The highest BCUT2D eigenvalue weighted by atomic mass is 35.5. The Bertz CT molecular complexity index is 621. The van der Waals surface area contributed by atoms with E-state index in [0.29, 0.717) is 6.54 Å². The SMILES string of the molecule is C[C@@H](Sc1ccccc1)C(=O)NCCSCc1cccc(Cl)c1. The van der Waals surface area contributed by atoms with Crippen LogP contribution in [0.3, 0.4) is 0 Å². The average Bonchev–Trinajstić information content (AvgIpc) is 2.55. The van der Waals surface area contributed by atoms with Crippen LogP contribution in [-0.4, -0.2) is 23.5 Å². The Hall–Kier alpha value is -1.10. The number of benzene rings is 2. The molecule has 0 radical (unpaired) electrons. The predicted molar refractivity (Wildman–Crippen MR) is 102 cm³/mol. The number of amides is 1. The molecule has 1 amide bonds. The molecule has 0 heterocycles. The number of rotatable bonds is 8. The zero-order valence-corrected chi connectivity index (χ0v) is 15.4. The van der Waals surface area contributed by atoms with E-state index in [0.717, 1.165) is 21.4 Å². The van der Waals surface area contributed by atoms with E-state index in [2.05, 4.69) is 11.4 Å². The maximum absolute atomic E-state index is 12.1. The highest BCUT2D eigenvalue weighted by Crippen LogP contribution is 2.22. The number of nitrogens with one attached hydrogen (secondary N) is 1. The summed E-state index contributed by atoms with van der Waals surface area (Å²) >= 11 is 9.33. The molecule has 0 saturated carbocycles. The van der Waals surface area contributed by atoms with Crippen molar-refractivity contribution in [1.29, 1.82) is 0 Å². The van der Waals surface area contributed by atoms with Crippen LogP contribution in [0.2, 0.25) is 5.02 Å². The smallest absolute Gasteiger partial charge is 0.233 e. The van der Waals surface area contributed by atoms with E-state index in [4.69, 9.17) is 11.6 Å². The molecule has 0 unspecified atom stereocenters. The van der Waals surface area contributed by atoms with Crippen LogP contribution in [0.25, 0.3) is 0 Å². The third-order valence-corrected chi connectivity index (χ3v) is 5.51. The Morgan fingerprint density at radius 1 is 1.17 bits per heavy atom. The second-order valence-electron chi connectivity index (χ2n) is 5.05. The third-order valence-electron chi connectivity index (χ3n) is 3.13. The van der Waals surface area contributed by atoms with Gasteiger partial charge in [-0.15, -0.1) is 11.8 Å². The Labute approximate surface area is 151 Å². The molecule has 0 spiro atoms. The summed E-state index contributed by atoms with van der Waals surface area (Å²) in [6.45, 7) is 2.62. The first-order chi connectivity index (χ1) is 11.1. The lowest BCUT2D eigenvalue weighted by atomic mass is 10.2. The van der Waals surface area contributed by atoms with E-state index >= 15 is 0 Å². The molecular weight excluding hydrogens is 346 g/mol. The molecular formula is C18H20ClNOS2. The predicted octanol–water partition coefficient (Wildman–Crippen LogP) is 4.87. The van der Waals surface area contributed by atoms with Crippen LogP contribution >= 0.6 is 35.1 Å². The molecule has 1 atom stereocenters. The van der Waals surface area contributed by atoms with Crippen LogP contribution in [0.5, 0.6) is 0 Å². The molecule has 122 valence electrons. The number of hydrogen-bond donors (Lipinski definition) is 1. The van der Waals surface area contributed by atoms with Crippen LogP contribution in [0.1, 0.15) is 12.5 Å². The van der Waals surface area contributed by atoms with Gasteiger partial charge in [-0.05, 0) is 36.8 Å². The summed E-state index contributed by atoms with van der Waals surface area (Å²) in [4.78, 5) is 13.2. The quantitative estimate of drug-likeness (QED) is 0.534. The van der Waals surface area contributed by atoms with Gasteiger partial charge in [0.15, 0.2) is 0 Å². The Kier molecular flexibility index (Phi) is 7.86. The summed E-state index contributed by atoms with van der Waals surface area (Å²) < 4.78 is 0. The minimum absolute atomic E-state index is 0.0854. The lowest BCUT2D eigenvalue weighted by Crippen LogP contribution is -2.32. The average molecular weight is 366 g/mol. The first-order valence-electron chi connectivity index (χ1n) is 7.47. The van der Waals surface area contributed by atoms with Crippen molar-refractivity contribution in [1.82, 2.24) is 5.32 Å². The molecule has 2 nitrogen and oxygen atoms in total. The minimum Gasteiger partial charge on any atom is -0.354 e. The Morgan fingerprint density at radius 2 is 1.96 bits per heavy atom. The van der Waals surface area contributed by atoms with Gasteiger partial charge in [-0.3, -0.25) is 4.79 Å². The van der Waals surface area contributed by atoms with Gasteiger partial charge in [0.25, 0.3) is 0 Å². The van der Waals surface area contributed by atoms with Crippen LogP contribution in [0.15, 0.2) is 59.5 Å². The number of carbonyl (C=O) groups excluding carboxylic acids is 1. The van der Waals surface area contributed by atoms with Gasteiger partial charge in [-0.1, -0.05) is 41.9 Å². The molecule has 2 aromatic carbocycles. The van der Waals surface area contributed by atoms with Gasteiger partial charge in [0.2, 0.25) is 5.91 Å². The summed E-state index contributed by atoms with van der Waals surface area (Å²) in [6.07, 6.45) is 0. The zero-order chi connectivity index (χ0) is 16.5. The fourth-order valence-corrected chi connectivity index (χ4v) is 3.90. The van der Waals surface area contributed by atoms with Crippen molar-refractivity contribution >= 4 is 41.0 Å². The fourth-order valence-electron chi connectivity index (χ4n) is 1.96. The number of hydrogen-bond acceptors (Lipinski definition) is 3. The molecule has 23 heavy (non-hydrogen) atoms. The highest BCUT2D eigenvalue weighted by Gasteiger charge is 2.13. The van der Waals surface area contributed by atoms with Crippen LogP contribution < -0.4 is 5.32 Å². The van der Waals surface area contributed by atoms with Gasteiger partial charge in [0.05, 0.1) is 5.25 Å². The first kappa shape index (κ1) is 18.2. The molecule has 0 aliphatic heterocycles. The molecule has 0 aliphatic carbocycles. The van der Waals surface area contributed by atoms with Crippen molar-refractivity contribution in [2.45, 2.75) is 22.8 Å². The van der Waals surface area contributed by atoms with Crippen LogP contribution in [0, 0.1) is 0 Å². The fraction of sp³-hybridized carbons (Fsp3) is 0.278. The maximum Gasteiger partial charge on any atom is 0.233 e. The monoisotopic (exact) mass is 365 g/mol. The Morgan fingerprint density at radius 3 is 2.70 bits per heavy atom. The van der Waals surface area contributed by atoms with Gasteiger partial charge in [0.1, 0.15) is 0 Å². The summed E-state index contributed by atoms with van der Waals surface area (Å²) in [6, 6.07) is 17.9. The van der Waals surface area contributed by atoms with Crippen molar-refractivity contribution in [3.63, 3.8) is 0 Å². The van der Waals surface area contributed by atoms with Gasteiger partial charge < -0.3 is 5.32 Å². The topological polar surface area (TPSA) is 29.1 Å². The lowest BCUT2D eigenvalue weighted by molar-refractivity contribution is -0.120. The molecule has 0 aliphatic rings. The number of carbonyl (C=O) groups is 1. The van der Waals surface area contributed by atoms with Crippen molar-refractivity contribution in [3.8, 4) is 0 Å². The maximum atomic E-state index is 12.1. The van der Waals surface area contributed by atoms with Gasteiger partial charge in [-0.25, -0.2) is 0 Å². The first-order valence-corrected chi connectivity index (χ1v) is 9.88. The van der Waals surface area contributed by atoms with E-state index < -0.39 is 0 Å². The van der Waals surface area contributed by atoms with Crippen molar-refractivity contribution in [3.05, 3.63) is 65.2 Å². The highest BCUT2D eigenvalue weighted by molar-refractivity contribution is 8.00. The van der Waals surface area contributed by atoms with Gasteiger partial charge in [0, 0.05) is 28.0 Å². The van der Waals surface area contributed by atoms with Crippen LogP contribution in [-0.2, 0) is 10.5 Å². The van der Waals surface area contributed by atoms with Crippen molar-refractivity contribution in [2.24, 2.45) is 0 Å². The second kappa shape index (κ2) is 9.91. The number of halogens is 1. The van der Waals surface area contributed by atoms with Crippen molar-refractivity contribution < 1.29 is 4.79 Å². The lowest BCUT2D eigenvalue weighted by Gasteiger charge is -2.12. The zero-order valence-electron chi connectivity index (χ0n) is 13.0. The molecule has 0 fully saturated rings. The third kappa shape index (κ3) is 6.90. The molecule has 1 N–H and O–H groups in total. The van der Waals surface area contributed by atoms with Gasteiger partial charge in [-0.2, -0.15) is 11.8 Å². The summed E-state index contributed by atoms with van der Waals surface area (Å²) in [7, 11) is 0. The van der Waals surface area contributed by atoms with E-state index in [9.17, 15) is 4.79 Å². The summed E-state index contributed by atoms with van der Waals surface area (Å²) in [5.74, 6) is 1.88. The minimum atomic E-state index is -0.0877. The van der Waals surface area contributed by atoms with E-state index in [1.807, 2.05) is 55.5 Å². The second-order valence-corrected chi connectivity index (χ2v) is 8.00. The molecule has 0 saturated heterocycles. The molecule has 0 bridgehead atoms. The molecule has 2 aromatic rings. The van der Waals surface area contributed by atoms with E-state index in [1.54, 1.807) is 23.5 Å². The van der Waals surface area contributed by atoms with Crippen LogP contribution in [0.4, 0.5) is 0 Å². The molecule has 5 heteroatoms. The Balaban J connectivity index is 1.62. The standard InChI is InChI=1S/C18H20ClNOS2/c1-14(23-17-8-3-2-4-9-17)18(21)20-10-11-22-13-15-6-5-7-16(19)12-15/h2-9,12,14H,10-11,13H2,1H3,(H,20,21)/t14-/m1/s1. The van der Waals surface area contributed by atoms with E-state index in [1.165, 1.54) is 5.56 Å².